The molecule has 0 fully saturated rings. The third kappa shape index (κ3) is 3.66. The van der Waals surface area contributed by atoms with Crippen LogP contribution in [0.2, 0.25) is 5.15 Å². The first-order valence-corrected chi connectivity index (χ1v) is 8.30. The van der Waals surface area contributed by atoms with Crippen LogP contribution in [0.4, 0.5) is 10.5 Å². The summed E-state index contributed by atoms with van der Waals surface area (Å²) >= 11 is 7.46. The molecule has 3 rings (SSSR count). The highest BCUT2D eigenvalue weighted by atomic mass is 35.5. The third-order valence-electron chi connectivity index (χ3n) is 3.34. The van der Waals surface area contributed by atoms with Crippen LogP contribution in [0.1, 0.15) is 17.3 Å². The molecule has 0 aliphatic rings. The molecule has 4 N–H and O–H groups in total. The van der Waals surface area contributed by atoms with Crippen molar-refractivity contribution in [3.63, 3.8) is 0 Å². The zero-order valence-corrected chi connectivity index (χ0v) is 14.0. The molecule has 0 spiro atoms. The minimum atomic E-state index is -0.673. The number of nitrogens with zero attached hydrogens (tertiary/aromatic N) is 2. The van der Waals surface area contributed by atoms with Crippen LogP contribution < -0.4 is 16.4 Å². The number of anilines is 1. The molecule has 3 heterocycles. The van der Waals surface area contributed by atoms with Crippen molar-refractivity contribution in [2.24, 2.45) is 5.73 Å². The van der Waals surface area contributed by atoms with E-state index in [4.69, 9.17) is 17.3 Å². The van der Waals surface area contributed by atoms with Crippen molar-refractivity contribution in [1.29, 1.82) is 0 Å². The average molecular weight is 364 g/mol. The van der Waals surface area contributed by atoms with Gasteiger partial charge in [0, 0.05) is 11.1 Å². The minimum Gasteiger partial charge on any atom is -0.352 e. The maximum Gasteiger partial charge on any atom is 0.312 e. The Kier molecular flexibility index (Phi) is 4.68. The Balaban J connectivity index is 1.72. The second-order valence-corrected chi connectivity index (χ2v) is 6.42. The zero-order chi connectivity index (χ0) is 17.1. The zero-order valence-electron chi connectivity index (χ0n) is 12.4. The Bertz CT molecular complexity index is 877. The van der Waals surface area contributed by atoms with Gasteiger partial charge in [0.15, 0.2) is 0 Å². The summed E-state index contributed by atoms with van der Waals surface area (Å²) in [6, 6.07) is 6.03. The summed E-state index contributed by atoms with van der Waals surface area (Å²) in [4.78, 5) is 28.4. The number of pyridine rings is 1. The standard InChI is InChI=1S/C15H14ClN5O2S/c16-12-7-18-13-4-3-9(8-21(12)13)19-14(22)6-10(20-15(17)23)11-2-1-5-24-11/h1-5,7-8,10H,6H2,(H,19,22)(H3,17,20,23)/t10-/m1/s1. The molecule has 0 aromatic carbocycles. The number of hydrogen-bond donors (Lipinski definition) is 3. The van der Waals surface area contributed by atoms with Crippen LogP contribution in [0, 0.1) is 0 Å². The normalized spacial score (nSPS) is 12.0. The Morgan fingerprint density at radius 1 is 1.38 bits per heavy atom. The van der Waals surface area contributed by atoms with Crippen molar-refractivity contribution < 1.29 is 9.59 Å². The van der Waals surface area contributed by atoms with Gasteiger partial charge in [-0.3, -0.25) is 9.20 Å². The van der Waals surface area contributed by atoms with Gasteiger partial charge in [-0.2, -0.15) is 0 Å². The van der Waals surface area contributed by atoms with Crippen molar-refractivity contribution in [1.82, 2.24) is 14.7 Å². The van der Waals surface area contributed by atoms with Crippen molar-refractivity contribution >= 4 is 46.2 Å². The second-order valence-electron chi connectivity index (χ2n) is 5.06. The molecular weight excluding hydrogens is 350 g/mol. The molecule has 3 aromatic rings. The van der Waals surface area contributed by atoms with Crippen LogP contribution in [0.5, 0.6) is 0 Å². The Hall–Kier alpha value is -2.58. The second kappa shape index (κ2) is 6.90. The largest absolute Gasteiger partial charge is 0.352 e. The Morgan fingerprint density at radius 2 is 2.21 bits per heavy atom. The molecule has 0 unspecified atom stereocenters. The number of primary amides is 1. The van der Waals surface area contributed by atoms with Crippen LogP contribution in [0.15, 0.2) is 42.0 Å². The maximum atomic E-state index is 12.3. The average Bonchev–Trinajstić information content (AvgIpc) is 3.17. The van der Waals surface area contributed by atoms with E-state index in [0.29, 0.717) is 16.5 Å². The smallest absolute Gasteiger partial charge is 0.312 e. The molecular formula is C15H14ClN5O2S. The molecule has 0 radical (unpaired) electrons. The summed E-state index contributed by atoms with van der Waals surface area (Å²) in [5.41, 5.74) is 6.46. The lowest BCUT2D eigenvalue weighted by Gasteiger charge is -2.16. The number of amides is 3. The Morgan fingerprint density at radius 3 is 2.92 bits per heavy atom. The summed E-state index contributed by atoms with van der Waals surface area (Å²) in [7, 11) is 0. The summed E-state index contributed by atoms with van der Waals surface area (Å²) < 4.78 is 1.66. The van der Waals surface area contributed by atoms with Gasteiger partial charge in [0.1, 0.15) is 10.8 Å². The molecule has 1 atom stereocenters. The van der Waals surface area contributed by atoms with Gasteiger partial charge in [0.05, 0.1) is 24.3 Å². The lowest BCUT2D eigenvalue weighted by atomic mass is 10.1. The van der Waals surface area contributed by atoms with E-state index < -0.39 is 12.1 Å². The molecule has 3 aromatic heterocycles. The highest BCUT2D eigenvalue weighted by molar-refractivity contribution is 7.10. The fourth-order valence-corrected chi connectivity index (χ4v) is 3.27. The Labute approximate surface area is 146 Å². The van der Waals surface area contributed by atoms with Crippen LogP contribution in [-0.2, 0) is 4.79 Å². The SMILES string of the molecule is NC(=O)N[C@H](CC(=O)Nc1ccc2ncc(Cl)n2c1)c1cccs1. The van der Waals surface area contributed by atoms with Crippen molar-refractivity contribution in [2.45, 2.75) is 12.5 Å². The van der Waals surface area contributed by atoms with Crippen LogP contribution in [0.25, 0.3) is 5.65 Å². The third-order valence-corrected chi connectivity index (χ3v) is 4.60. The van der Waals surface area contributed by atoms with Crippen LogP contribution in [0.3, 0.4) is 0 Å². The molecule has 124 valence electrons. The van der Waals surface area contributed by atoms with E-state index in [-0.39, 0.29) is 12.3 Å². The van der Waals surface area contributed by atoms with Crippen LogP contribution >= 0.6 is 22.9 Å². The first-order valence-electron chi connectivity index (χ1n) is 7.05. The van der Waals surface area contributed by atoms with Gasteiger partial charge in [-0.15, -0.1) is 11.3 Å². The number of aromatic nitrogens is 2. The number of imidazole rings is 1. The number of fused-ring (bicyclic) bond motifs is 1. The number of hydrogen-bond acceptors (Lipinski definition) is 4. The predicted octanol–water partition coefficient (Wildman–Crippen LogP) is 2.79. The molecule has 9 heteroatoms. The van der Waals surface area contributed by atoms with Gasteiger partial charge in [0.2, 0.25) is 5.91 Å². The molecule has 0 saturated heterocycles. The number of nitrogens with two attached hydrogens (primary N) is 1. The van der Waals surface area contributed by atoms with E-state index in [2.05, 4.69) is 15.6 Å². The van der Waals surface area contributed by atoms with Crippen LogP contribution in [-0.4, -0.2) is 21.3 Å². The number of urea groups is 1. The quantitative estimate of drug-likeness (QED) is 0.649. The first kappa shape index (κ1) is 16.3. The fraction of sp³-hybridized carbons (Fsp3) is 0.133. The molecule has 7 nitrogen and oxygen atoms in total. The molecule has 3 amide bonds. The molecule has 0 bridgehead atoms. The number of rotatable bonds is 5. The van der Waals surface area contributed by atoms with Gasteiger partial charge in [-0.05, 0) is 23.6 Å². The summed E-state index contributed by atoms with van der Waals surface area (Å²) in [5, 5.41) is 7.69. The number of carbonyl (C=O) groups is 2. The molecule has 0 aliphatic carbocycles. The number of carbonyl (C=O) groups excluding carboxylic acids is 2. The molecule has 0 aliphatic heterocycles. The minimum absolute atomic E-state index is 0.0686. The van der Waals surface area contributed by atoms with E-state index in [1.165, 1.54) is 17.5 Å². The monoisotopic (exact) mass is 363 g/mol. The highest BCUT2D eigenvalue weighted by Crippen LogP contribution is 2.23. The summed E-state index contributed by atoms with van der Waals surface area (Å²) in [6.45, 7) is 0. The molecule has 24 heavy (non-hydrogen) atoms. The van der Waals surface area contributed by atoms with Gasteiger partial charge in [-0.1, -0.05) is 17.7 Å². The van der Waals surface area contributed by atoms with Crippen molar-refractivity contribution in [3.05, 3.63) is 52.1 Å². The lowest BCUT2D eigenvalue weighted by Crippen LogP contribution is -2.34. The van der Waals surface area contributed by atoms with E-state index in [9.17, 15) is 9.59 Å². The van der Waals surface area contributed by atoms with Gasteiger partial charge >= 0.3 is 6.03 Å². The van der Waals surface area contributed by atoms with Gasteiger partial charge in [0.25, 0.3) is 0 Å². The van der Waals surface area contributed by atoms with Gasteiger partial charge < -0.3 is 16.4 Å². The number of thiophene rings is 1. The first-order chi connectivity index (χ1) is 11.5. The number of nitrogens with one attached hydrogen (secondary N) is 2. The summed E-state index contributed by atoms with van der Waals surface area (Å²) in [5.74, 6) is -0.252. The maximum absolute atomic E-state index is 12.3. The fourth-order valence-electron chi connectivity index (χ4n) is 2.31. The van der Waals surface area contributed by atoms with Crippen molar-refractivity contribution in [2.75, 3.05) is 5.32 Å². The van der Waals surface area contributed by atoms with E-state index >= 15 is 0 Å². The topological polar surface area (TPSA) is 102 Å². The summed E-state index contributed by atoms with van der Waals surface area (Å²) in [6.07, 6.45) is 3.29. The molecule has 0 saturated carbocycles. The van der Waals surface area contributed by atoms with E-state index in [1.54, 1.807) is 22.7 Å². The number of halogens is 1. The highest BCUT2D eigenvalue weighted by Gasteiger charge is 2.18. The van der Waals surface area contributed by atoms with E-state index in [0.717, 1.165) is 4.88 Å². The van der Waals surface area contributed by atoms with Gasteiger partial charge in [-0.25, -0.2) is 9.78 Å². The van der Waals surface area contributed by atoms with Crippen molar-refractivity contribution in [3.8, 4) is 0 Å². The lowest BCUT2D eigenvalue weighted by molar-refractivity contribution is -0.116. The predicted molar refractivity (Wildman–Crippen MR) is 93.2 cm³/mol. The van der Waals surface area contributed by atoms with E-state index in [1.807, 2.05) is 17.5 Å².